The van der Waals surface area contributed by atoms with Crippen molar-refractivity contribution in [2.45, 2.75) is 20.8 Å². The summed E-state index contributed by atoms with van der Waals surface area (Å²) in [4.78, 5) is 4.10. The van der Waals surface area contributed by atoms with Gasteiger partial charge in [-0.15, -0.1) is 0 Å². The van der Waals surface area contributed by atoms with E-state index in [0.29, 0.717) is 22.8 Å². The van der Waals surface area contributed by atoms with Gasteiger partial charge >= 0.3 is 0 Å². The van der Waals surface area contributed by atoms with Crippen molar-refractivity contribution in [2.24, 2.45) is 0 Å². The maximum Gasteiger partial charge on any atom is 0.153 e. The van der Waals surface area contributed by atoms with Gasteiger partial charge in [-0.3, -0.25) is 0 Å². The average Bonchev–Trinajstić information content (AvgIpc) is 2.74. The zero-order valence-corrected chi connectivity index (χ0v) is 10.2. The van der Waals surface area contributed by atoms with Crippen LogP contribution in [0.15, 0.2) is 24.5 Å². The summed E-state index contributed by atoms with van der Waals surface area (Å²) in [6.45, 7) is 5.78. The second-order valence-electron chi connectivity index (χ2n) is 3.13. The van der Waals surface area contributed by atoms with E-state index < -0.39 is 0 Å². The lowest BCUT2D eigenvalue weighted by Crippen LogP contribution is -1.98. The third kappa shape index (κ3) is 2.82. The highest BCUT2D eigenvalue weighted by atomic mass is 15.3. The summed E-state index contributed by atoms with van der Waals surface area (Å²) in [5, 5.41) is 13.0. The first-order valence-electron chi connectivity index (χ1n) is 5.39. The minimum atomic E-state index is 0.550. The summed E-state index contributed by atoms with van der Waals surface area (Å²) in [6.07, 6.45) is 3.20. The molecule has 0 atom stereocenters. The number of hydrogen-bond donors (Lipinski definition) is 1. The Hall–Kier alpha value is -2.35. The molecule has 2 aromatic rings. The second kappa shape index (κ2) is 5.66. The van der Waals surface area contributed by atoms with Crippen LogP contribution in [0.2, 0.25) is 0 Å². The molecule has 0 amide bonds. The lowest BCUT2D eigenvalue weighted by Gasteiger charge is -1.99. The first-order chi connectivity index (χ1) is 8.20. The Kier molecular flexibility index (Phi) is 4.23. The van der Waals surface area contributed by atoms with Gasteiger partial charge in [0.2, 0.25) is 0 Å². The third-order valence-corrected chi connectivity index (χ3v) is 2.02. The number of aromatic nitrogens is 3. The van der Waals surface area contributed by atoms with E-state index in [4.69, 9.17) is 11.0 Å². The molecule has 2 heterocycles. The summed E-state index contributed by atoms with van der Waals surface area (Å²) in [5.41, 5.74) is 7.36. The minimum Gasteiger partial charge on any atom is -0.397 e. The van der Waals surface area contributed by atoms with E-state index in [1.54, 1.807) is 36.1 Å². The molecule has 0 spiro atoms. The van der Waals surface area contributed by atoms with Crippen molar-refractivity contribution in [3.05, 3.63) is 35.8 Å². The predicted molar refractivity (Wildman–Crippen MR) is 66.6 cm³/mol. The fourth-order valence-electron chi connectivity index (χ4n) is 1.22. The van der Waals surface area contributed by atoms with Crippen LogP contribution in [-0.4, -0.2) is 14.8 Å². The summed E-state index contributed by atoms with van der Waals surface area (Å²) in [6, 6.07) is 5.56. The molecular formula is C12H15N5. The molecule has 2 N–H and O–H groups in total. The number of rotatable bonds is 1. The molecular weight excluding hydrogens is 214 g/mol. The number of anilines is 1. The SMILES string of the molecule is CC.Cc1nn(-c2ccc(N)cn2)cc1C#N. The molecule has 0 radical (unpaired) electrons. The lowest BCUT2D eigenvalue weighted by atomic mass is 10.3. The van der Waals surface area contributed by atoms with Gasteiger partial charge in [0.05, 0.1) is 29.3 Å². The highest BCUT2D eigenvalue weighted by Crippen LogP contribution is 2.10. The Morgan fingerprint density at radius 1 is 1.35 bits per heavy atom. The van der Waals surface area contributed by atoms with E-state index >= 15 is 0 Å². The number of aryl methyl sites for hydroxylation is 1. The van der Waals surface area contributed by atoms with Crippen LogP contribution in [0.4, 0.5) is 5.69 Å². The number of nitrogens with two attached hydrogens (primary N) is 1. The van der Waals surface area contributed by atoms with Crippen molar-refractivity contribution in [1.29, 1.82) is 5.26 Å². The fourth-order valence-corrected chi connectivity index (χ4v) is 1.22. The molecule has 0 fully saturated rings. The minimum absolute atomic E-state index is 0.550. The third-order valence-electron chi connectivity index (χ3n) is 2.02. The Bertz CT molecular complexity index is 519. The van der Waals surface area contributed by atoms with Crippen molar-refractivity contribution in [2.75, 3.05) is 5.73 Å². The molecule has 88 valence electrons. The Labute approximate surface area is 101 Å². The lowest BCUT2D eigenvalue weighted by molar-refractivity contribution is 0.833. The molecule has 0 aliphatic rings. The number of nitrogens with zero attached hydrogens (tertiary/aromatic N) is 4. The number of nitrogen functional groups attached to an aromatic ring is 1. The van der Waals surface area contributed by atoms with Crippen LogP contribution >= 0.6 is 0 Å². The van der Waals surface area contributed by atoms with Gasteiger partial charge in [-0.05, 0) is 19.1 Å². The molecule has 0 aromatic carbocycles. The van der Waals surface area contributed by atoms with Gasteiger partial charge in [0.15, 0.2) is 5.82 Å². The van der Waals surface area contributed by atoms with Gasteiger partial charge in [-0.25, -0.2) is 9.67 Å². The molecule has 2 rings (SSSR count). The van der Waals surface area contributed by atoms with Crippen LogP contribution in [0.3, 0.4) is 0 Å². The van der Waals surface area contributed by atoms with Gasteiger partial charge < -0.3 is 5.73 Å². The molecule has 0 aliphatic carbocycles. The largest absolute Gasteiger partial charge is 0.397 e. The van der Waals surface area contributed by atoms with Crippen molar-refractivity contribution in [1.82, 2.24) is 14.8 Å². The molecule has 0 saturated heterocycles. The molecule has 0 bridgehead atoms. The average molecular weight is 229 g/mol. The summed E-state index contributed by atoms with van der Waals surface area (Å²) in [5.74, 6) is 0.647. The van der Waals surface area contributed by atoms with Crippen LogP contribution in [0, 0.1) is 18.3 Å². The number of pyridine rings is 1. The highest BCUT2D eigenvalue weighted by molar-refractivity contribution is 5.40. The van der Waals surface area contributed by atoms with E-state index in [0.717, 1.165) is 0 Å². The second-order valence-corrected chi connectivity index (χ2v) is 3.13. The predicted octanol–water partition coefficient (Wildman–Crippen LogP) is 2.06. The number of hydrogen-bond acceptors (Lipinski definition) is 4. The molecule has 5 heteroatoms. The highest BCUT2D eigenvalue weighted by Gasteiger charge is 2.05. The standard InChI is InChI=1S/C10H9N5.C2H6/c1-7-8(4-11)6-15(14-7)10-3-2-9(12)5-13-10;1-2/h2-3,5-6H,12H2,1H3;1-2H3. The quantitative estimate of drug-likeness (QED) is 0.811. The molecule has 0 saturated carbocycles. The summed E-state index contributed by atoms with van der Waals surface area (Å²) >= 11 is 0. The molecule has 5 nitrogen and oxygen atoms in total. The Morgan fingerprint density at radius 2 is 2.06 bits per heavy atom. The first kappa shape index (κ1) is 12.7. The van der Waals surface area contributed by atoms with Gasteiger partial charge in [-0.1, -0.05) is 13.8 Å². The smallest absolute Gasteiger partial charge is 0.153 e. The maximum absolute atomic E-state index is 8.78. The summed E-state index contributed by atoms with van der Waals surface area (Å²) < 4.78 is 1.56. The van der Waals surface area contributed by atoms with Crippen molar-refractivity contribution < 1.29 is 0 Å². The van der Waals surface area contributed by atoms with Gasteiger partial charge in [0.25, 0.3) is 0 Å². The zero-order chi connectivity index (χ0) is 12.8. The van der Waals surface area contributed by atoms with Crippen LogP contribution in [0.1, 0.15) is 25.1 Å². The normalized spacial score (nSPS) is 9.06. The van der Waals surface area contributed by atoms with Gasteiger partial charge in [-0.2, -0.15) is 10.4 Å². The van der Waals surface area contributed by atoms with Gasteiger partial charge in [0.1, 0.15) is 6.07 Å². The fraction of sp³-hybridized carbons (Fsp3) is 0.250. The first-order valence-corrected chi connectivity index (χ1v) is 5.39. The van der Waals surface area contributed by atoms with Crippen molar-refractivity contribution in [3.63, 3.8) is 0 Å². The van der Waals surface area contributed by atoms with E-state index in [-0.39, 0.29) is 0 Å². The Morgan fingerprint density at radius 3 is 2.53 bits per heavy atom. The van der Waals surface area contributed by atoms with E-state index in [9.17, 15) is 0 Å². The maximum atomic E-state index is 8.78. The van der Waals surface area contributed by atoms with E-state index in [2.05, 4.69) is 16.2 Å². The monoisotopic (exact) mass is 229 g/mol. The van der Waals surface area contributed by atoms with Crippen LogP contribution in [0.5, 0.6) is 0 Å². The summed E-state index contributed by atoms with van der Waals surface area (Å²) in [7, 11) is 0. The van der Waals surface area contributed by atoms with E-state index in [1.807, 2.05) is 13.8 Å². The van der Waals surface area contributed by atoms with Crippen LogP contribution < -0.4 is 5.73 Å². The molecule has 17 heavy (non-hydrogen) atoms. The Balaban J connectivity index is 0.000000686. The zero-order valence-electron chi connectivity index (χ0n) is 10.2. The van der Waals surface area contributed by atoms with Crippen molar-refractivity contribution >= 4 is 5.69 Å². The molecule has 0 unspecified atom stereocenters. The van der Waals surface area contributed by atoms with Crippen LogP contribution in [-0.2, 0) is 0 Å². The van der Waals surface area contributed by atoms with Crippen molar-refractivity contribution in [3.8, 4) is 11.9 Å². The molecule has 0 aliphatic heterocycles. The van der Waals surface area contributed by atoms with E-state index in [1.165, 1.54) is 0 Å². The van der Waals surface area contributed by atoms with Gasteiger partial charge in [0, 0.05) is 0 Å². The molecule has 2 aromatic heterocycles. The number of nitriles is 1. The van der Waals surface area contributed by atoms with Crippen LogP contribution in [0.25, 0.3) is 5.82 Å². The topological polar surface area (TPSA) is 80.5 Å².